The molecule has 0 saturated heterocycles. The Balaban J connectivity index is 2.91. The molecule has 0 amide bonds. The van der Waals surface area contributed by atoms with Crippen molar-refractivity contribution in [3.8, 4) is 0 Å². The van der Waals surface area contributed by atoms with Crippen molar-refractivity contribution in [3.05, 3.63) is 0 Å². The summed E-state index contributed by atoms with van der Waals surface area (Å²) >= 11 is 0. The molecule has 0 aromatic rings. The average Bonchev–Trinajstić information content (AvgIpc) is 1.85. The molecule has 68 valence electrons. The van der Waals surface area contributed by atoms with Crippen LogP contribution in [-0.4, -0.2) is 25.9 Å². The fourth-order valence-electron chi connectivity index (χ4n) is 0.547. The lowest BCUT2D eigenvalue weighted by molar-refractivity contribution is 0.129. The van der Waals surface area contributed by atoms with Crippen LogP contribution in [0.25, 0.3) is 0 Å². The van der Waals surface area contributed by atoms with Crippen molar-refractivity contribution in [2.45, 2.75) is 25.7 Å². The maximum absolute atomic E-state index is 11.4. The molecule has 0 fully saturated rings. The van der Waals surface area contributed by atoms with E-state index in [1.165, 1.54) is 0 Å². The number of hydrogen-bond donors (Lipinski definition) is 1. The predicted octanol–water partition coefficient (Wildman–Crippen LogP) is 1.89. The highest BCUT2D eigenvalue weighted by molar-refractivity contribution is 4.50. The van der Waals surface area contributed by atoms with E-state index in [4.69, 9.17) is 0 Å². The van der Waals surface area contributed by atoms with Gasteiger partial charge in [-0.1, -0.05) is 0 Å². The third-order valence-corrected chi connectivity index (χ3v) is 1.08. The molecular weight excluding hydrogens is 162 g/mol. The molecule has 11 heavy (non-hydrogen) atoms. The molecule has 0 rings (SSSR count). The van der Waals surface area contributed by atoms with E-state index in [-0.39, 0.29) is 25.9 Å². The van der Waals surface area contributed by atoms with Crippen molar-refractivity contribution in [2.24, 2.45) is 0 Å². The zero-order valence-electron chi connectivity index (χ0n) is 5.99. The lowest BCUT2D eigenvalue weighted by Gasteiger charge is -2.02. The third kappa shape index (κ3) is 9.68. The van der Waals surface area contributed by atoms with E-state index in [0.29, 0.717) is 0 Å². The topological polar surface area (TPSA) is 12.0 Å². The van der Waals surface area contributed by atoms with E-state index in [2.05, 4.69) is 5.32 Å². The van der Waals surface area contributed by atoms with Crippen molar-refractivity contribution < 1.29 is 17.6 Å². The first-order valence-electron chi connectivity index (χ1n) is 3.40. The minimum atomic E-state index is -2.35. The van der Waals surface area contributed by atoms with Crippen LogP contribution in [0.2, 0.25) is 0 Å². The maximum Gasteiger partial charge on any atom is 0.239 e. The predicted molar refractivity (Wildman–Crippen MR) is 34.1 cm³/mol. The van der Waals surface area contributed by atoms with E-state index in [1.807, 2.05) is 0 Å². The van der Waals surface area contributed by atoms with Gasteiger partial charge in [0.2, 0.25) is 12.9 Å². The molecule has 1 nitrogen and oxygen atoms in total. The summed E-state index contributed by atoms with van der Waals surface area (Å²) in [5.74, 6) is 0. The van der Waals surface area contributed by atoms with Crippen molar-refractivity contribution in [1.82, 2.24) is 5.32 Å². The van der Waals surface area contributed by atoms with Gasteiger partial charge in [-0.2, -0.15) is 0 Å². The molecule has 0 saturated carbocycles. The summed E-state index contributed by atoms with van der Waals surface area (Å²) in [6, 6.07) is 0. The van der Waals surface area contributed by atoms with Gasteiger partial charge >= 0.3 is 0 Å². The SMILES string of the molecule is FC(F)CCNCCC(F)F. The smallest absolute Gasteiger partial charge is 0.239 e. The Bertz CT molecular complexity index is 76.7. The summed E-state index contributed by atoms with van der Waals surface area (Å²) in [4.78, 5) is 0. The molecular formula is C6H11F4N. The van der Waals surface area contributed by atoms with Crippen LogP contribution in [0.5, 0.6) is 0 Å². The molecule has 5 heteroatoms. The van der Waals surface area contributed by atoms with E-state index < -0.39 is 12.9 Å². The quantitative estimate of drug-likeness (QED) is 0.477. The summed E-state index contributed by atoms with van der Waals surface area (Å²) in [6.07, 6.45) is -5.25. The Labute approximate surface area is 62.8 Å². The standard InChI is InChI=1S/C6H11F4N/c7-5(8)1-3-11-4-2-6(9)10/h5-6,11H,1-4H2. The molecule has 0 aromatic heterocycles. The van der Waals surface area contributed by atoms with Gasteiger partial charge in [-0.25, -0.2) is 17.6 Å². The minimum absolute atomic E-state index is 0.102. The minimum Gasteiger partial charge on any atom is -0.316 e. The van der Waals surface area contributed by atoms with Gasteiger partial charge in [-0.3, -0.25) is 0 Å². The monoisotopic (exact) mass is 173 g/mol. The van der Waals surface area contributed by atoms with Gasteiger partial charge in [-0.15, -0.1) is 0 Å². The Morgan fingerprint density at radius 3 is 1.45 bits per heavy atom. The molecule has 0 aliphatic rings. The molecule has 1 N–H and O–H groups in total. The highest BCUT2D eigenvalue weighted by Crippen LogP contribution is 1.98. The molecule has 0 heterocycles. The van der Waals surface area contributed by atoms with Gasteiger partial charge in [0.05, 0.1) is 0 Å². The van der Waals surface area contributed by atoms with Crippen molar-refractivity contribution in [1.29, 1.82) is 0 Å². The first-order chi connectivity index (χ1) is 5.13. The molecule has 0 aliphatic carbocycles. The first kappa shape index (κ1) is 10.7. The van der Waals surface area contributed by atoms with Crippen LogP contribution in [0.15, 0.2) is 0 Å². The Hall–Kier alpha value is -0.320. The lowest BCUT2D eigenvalue weighted by atomic mass is 10.4. The first-order valence-corrected chi connectivity index (χ1v) is 3.40. The molecule has 0 bridgehead atoms. The van der Waals surface area contributed by atoms with Crippen molar-refractivity contribution >= 4 is 0 Å². The Morgan fingerprint density at radius 2 is 1.18 bits per heavy atom. The third-order valence-electron chi connectivity index (χ3n) is 1.08. The average molecular weight is 173 g/mol. The Kier molecular flexibility index (Phi) is 6.21. The van der Waals surface area contributed by atoms with E-state index in [0.717, 1.165) is 0 Å². The number of halogens is 4. The molecule has 0 aliphatic heterocycles. The highest BCUT2D eigenvalue weighted by Gasteiger charge is 2.02. The van der Waals surface area contributed by atoms with Crippen LogP contribution in [0.4, 0.5) is 17.6 Å². The highest BCUT2D eigenvalue weighted by atomic mass is 19.3. The largest absolute Gasteiger partial charge is 0.316 e. The normalized spacial score (nSPS) is 11.5. The lowest BCUT2D eigenvalue weighted by Crippen LogP contribution is -2.20. The zero-order chi connectivity index (χ0) is 8.69. The van der Waals surface area contributed by atoms with E-state index in [1.54, 1.807) is 0 Å². The second-order valence-corrected chi connectivity index (χ2v) is 2.11. The number of alkyl halides is 4. The van der Waals surface area contributed by atoms with Crippen LogP contribution >= 0.6 is 0 Å². The molecule has 0 spiro atoms. The number of nitrogens with one attached hydrogen (secondary N) is 1. The van der Waals surface area contributed by atoms with Crippen molar-refractivity contribution in [2.75, 3.05) is 13.1 Å². The van der Waals surface area contributed by atoms with Gasteiger partial charge < -0.3 is 5.32 Å². The fourth-order valence-corrected chi connectivity index (χ4v) is 0.547. The van der Waals surface area contributed by atoms with Gasteiger partial charge in [0, 0.05) is 25.9 Å². The van der Waals surface area contributed by atoms with Gasteiger partial charge in [-0.05, 0) is 0 Å². The fraction of sp³-hybridized carbons (Fsp3) is 1.00. The second-order valence-electron chi connectivity index (χ2n) is 2.11. The van der Waals surface area contributed by atoms with Crippen molar-refractivity contribution in [3.63, 3.8) is 0 Å². The zero-order valence-corrected chi connectivity index (χ0v) is 5.99. The number of rotatable bonds is 6. The molecule has 0 aromatic carbocycles. The van der Waals surface area contributed by atoms with Gasteiger partial charge in [0.25, 0.3) is 0 Å². The Morgan fingerprint density at radius 1 is 0.818 bits per heavy atom. The second kappa shape index (κ2) is 6.39. The van der Waals surface area contributed by atoms with E-state index in [9.17, 15) is 17.6 Å². The molecule has 0 radical (unpaired) electrons. The van der Waals surface area contributed by atoms with Crippen LogP contribution in [-0.2, 0) is 0 Å². The summed E-state index contributed by atoms with van der Waals surface area (Å²) < 4.78 is 45.7. The van der Waals surface area contributed by atoms with E-state index >= 15 is 0 Å². The summed E-state index contributed by atoms with van der Waals surface area (Å²) in [7, 11) is 0. The number of hydrogen-bond acceptors (Lipinski definition) is 1. The molecule has 0 unspecified atom stereocenters. The summed E-state index contributed by atoms with van der Waals surface area (Å²) in [5.41, 5.74) is 0. The van der Waals surface area contributed by atoms with Gasteiger partial charge in [0.1, 0.15) is 0 Å². The van der Waals surface area contributed by atoms with Crippen LogP contribution in [0, 0.1) is 0 Å². The maximum atomic E-state index is 11.4. The van der Waals surface area contributed by atoms with Crippen LogP contribution in [0.3, 0.4) is 0 Å². The van der Waals surface area contributed by atoms with Gasteiger partial charge in [0.15, 0.2) is 0 Å². The summed E-state index contributed by atoms with van der Waals surface area (Å²) in [5, 5.41) is 2.49. The van der Waals surface area contributed by atoms with Crippen LogP contribution in [0.1, 0.15) is 12.8 Å². The van der Waals surface area contributed by atoms with Crippen LogP contribution < -0.4 is 5.32 Å². The molecule has 0 atom stereocenters. The summed E-state index contributed by atoms with van der Waals surface area (Å²) in [6.45, 7) is 0.203.